The number of amides is 8. The smallest absolute Gasteiger partial charge is 0.410 e. The van der Waals surface area contributed by atoms with Gasteiger partial charge in [0.05, 0.1) is 67.8 Å². The number of nitrogens with one attached hydrogen (secondary N) is 5. The molecule has 2 aliphatic rings. The first-order valence-corrected chi connectivity index (χ1v) is 31.1. The van der Waals surface area contributed by atoms with Gasteiger partial charge >= 0.3 is 6.09 Å². The van der Waals surface area contributed by atoms with Gasteiger partial charge in [0.1, 0.15) is 39.7 Å². The number of hydrogen-bond acceptors (Lipinski definition) is 14. The average Bonchev–Trinajstić information content (AvgIpc) is 1.87. The van der Waals surface area contributed by atoms with E-state index in [1.54, 1.807) is 94.8 Å². The van der Waals surface area contributed by atoms with Gasteiger partial charge in [0, 0.05) is 40.5 Å². The normalized spacial score (nSPS) is 17.9. The summed E-state index contributed by atoms with van der Waals surface area (Å²) in [6, 6.07) is 9.59. The standard InChI is InChI=1S/C61H88Br2N10O14/c1-15-34(6)50(44(85-13)28-45(74)71-27-19-22-43(71)52(86-14)35(7)53(76)64-36(8)51(75)40-20-17-16-18-21-40)69(11)60(83)48(32(2)3)68-57(80)49(33(4)5)70(12)61(84)87-31-39-23-25-42(26-24-39)67-55(78)38(10)65-54(77)37(9)66-56(79)41-29-72-58(81)46(62)47(63)59(82)73(72)30-41/h16-18,20-21,23-26,32-38,41,43-44,48-52,75H,15,19,22,27-31H2,1-14H3,(H,64,76)(H,65,77)(H,66,79)(H,67,78)(H,68,80)/t34-,35+,36+,37-,38-,43-,44+,48-,49-,50-,51+,52+/m0/s1. The van der Waals surface area contributed by atoms with E-state index in [-0.39, 0.29) is 52.8 Å². The number of carbonyl (C=O) groups excluding carboxylic acids is 8. The van der Waals surface area contributed by atoms with Gasteiger partial charge in [0.2, 0.25) is 41.4 Å². The summed E-state index contributed by atoms with van der Waals surface area (Å²) < 4.78 is 20.1. The van der Waals surface area contributed by atoms with Crippen LogP contribution >= 0.6 is 31.9 Å². The van der Waals surface area contributed by atoms with Crippen LogP contribution in [0.25, 0.3) is 0 Å². The zero-order chi connectivity index (χ0) is 64.9. The number of hydrogen-bond donors (Lipinski definition) is 6. The minimum Gasteiger partial charge on any atom is -0.445 e. The van der Waals surface area contributed by atoms with E-state index >= 15 is 0 Å². The van der Waals surface area contributed by atoms with Crippen molar-refractivity contribution < 1.29 is 57.7 Å². The van der Waals surface area contributed by atoms with Crippen LogP contribution in [0.15, 0.2) is 73.1 Å². The van der Waals surface area contributed by atoms with Crippen molar-refractivity contribution in [3.05, 3.63) is 95.4 Å². The number of rotatable bonds is 28. The van der Waals surface area contributed by atoms with Crippen LogP contribution in [0, 0.1) is 29.6 Å². The summed E-state index contributed by atoms with van der Waals surface area (Å²) in [5, 5.41) is 24.7. The van der Waals surface area contributed by atoms with Crippen molar-refractivity contribution in [1.29, 1.82) is 0 Å². The van der Waals surface area contributed by atoms with Gasteiger partial charge in [0.15, 0.2) is 0 Å². The number of ether oxygens (including phenoxy) is 3. The van der Waals surface area contributed by atoms with Gasteiger partial charge in [-0.3, -0.25) is 48.1 Å². The molecule has 1 aromatic heterocycles. The molecule has 2 aromatic carbocycles. The number of aliphatic hydroxyl groups excluding tert-OH is 1. The van der Waals surface area contributed by atoms with Gasteiger partial charge in [0.25, 0.3) is 11.1 Å². The molecule has 6 N–H and O–H groups in total. The first kappa shape index (κ1) is 71.3. The summed E-state index contributed by atoms with van der Waals surface area (Å²) in [5.74, 6) is -5.80. The van der Waals surface area contributed by atoms with Crippen LogP contribution < -0.4 is 37.7 Å². The highest BCUT2D eigenvalue weighted by atomic mass is 79.9. The lowest BCUT2D eigenvalue weighted by Crippen LogP contribution is -2.60. The fourth-order valence-electron chi connectivity index (χ4n) is 11.3. The maximum atomic E-state index is 14.7. The summed E-state index contributed by atoms with van der Waals surface area (Å²) in [7, 11) is 6.09. The number of methoxy groups -OCH3 is 2. The van der Waals surface area contributed by atoms with Crippen LogP contribution in [-0.4, -0.2) is 166 Å². The van der Waals surface area contributed by atoms with Crippen molar-refractivity contribution in [2.24, 2.45) is 29.6 Å². The van der Waals surface area contributed by atoms with Crippen LogP contribution in [0.2, 0.25) is 0 Å². The second-order valence-corrected chi connectivity index (χ2v) is 25.2. The van der Waals surface area contributed by atoms with E-state index in [2.05, 4.69) is 58.4 Å². The van der Waals surface area contributed by atoms with Crippen molar-refractivity contribution >= 4 is 85.0 Å². The lowest BCUT2D eigenvalue weighted by Gasteiger charge is -2.41. The lowest BCUT2D eigenvalue weighted by atomic mass is 9.89. The molecule has 480 valence electrons. The zero-order valence-corrected chi connectivity index (χ0v) is 55.4. The number of aliphatic hydroxyl groups is 1. The van der Waals surface area contributed by atoms with Crippen molar-refractivity contribution in [3.63, 3.8) is 0 Å². The number of likely N-dealkylation sites (N-methyl/N-ethyl adjacent to an activating group) is 2. The minimum atomic E-state index is -1.07. The molecule has 0 spiro atoms. The molecule has 2 aliphatic heterocycles. The zero-order valence-electron chi connectivity index (χ0n) is 52.3. The van der Waals surface area contributed by atoms with Crippen LogP contribution in [-0.2, 0) is 67.5 Å². The predicted octanol–water partition coefficient (Wildman–Crippen LogP) is 4.71. The number of benzene rings is 2. The maximum Gasteiger partial charge on any atom is 0.410 e. The number of aromatic nitrogens is 2. The van der Waals surface area contributed by atoms with Gasteiger partial charge in [-0.2, -0.15) is 0 Å². The molecule has 1 fully saturated rings. The molecule has 12 atom stereocenters. The Labute approximate surface area is 525 Å². The first-order valence-electron chi connectivity index (χ1n) is 29.5. The summed E-state index contributed by atoms with van der Waals surface area (Å²) in [4.78, 5) is 140. The summed E-state index contributed by atoms with van der Waals surface area (Å²) in [6.45, 7) is 17.6. The number of nitrogens with zero attached hydrogens (tertiary/aromatic N) is 5. The maximum absolute atomic E-state index is 14.7. The Kier molecular flexibility index (Phi) is 26.3. The van der Waals surface area contributed by atoms with E-state index in [0.29, 0.717) is 42.6 Å². The number of carbonyl (C=O) groups is 8. The van der Waals surface area contributed by atoms with E-state index in [0.717, 1.165) is 9.36 Å². The van der Waals surface area contributed by atoms with E-state index in [1.807, 2.05) is 32.0 Å². The Balaban J connectivity index is 1.14. The molecule has 3 heterocycles. The third-order valence-corrected chi connectivity index (χ3v) is 18.7. The molecule has 5 rings (SSSR count). The van der Waals surface area contributed by atoms with Crippen LogP contribution in [0.1, 0.15) is 112 Å². The second-order valence-electron chi connectivity index (χ2n) is 23.6. The Morgan fingerprint density at radius 3 is 1.84 bits per heavy atom. The van der Waals surface area contributed by atoms with E-state index in [1.165, 1.54) is 40.0 Å². The van der Waals surface area contributed by atoms with E-state index in [9.17, 15) is 53.1 Å². The van der Waals surface area contributed by atoms with Crippen LogP contribution in [0.5, 0.6) is 0 Å². The molecule has 24 nitrogen and oxygen atoms in total. The van der Waals surface area contributed by atoms with Gasteiger partial charge in [-0.15, -0.1) is 0 Å². The fraction of sp³-hybridized carbons (Fsp3) is 0.607. The summed E-state index contributed by atoms with van der Waals surface area (Å²) in [5.41, 5.74) is 0.606. The molecule has 0 radical (unpaired) electrons. The van der Waals surface area contributed by atoms with Gasteiger partial charge < -0.3 is 55.7 Å². The highest BCUT2D eigenvalue weighted by molar-refractivity contribution is 9.13. The monoisotopic (exact) mass is 1340 g/mol. The third kappa shape index (κ3) is 17.7. The Bertz CT molecular complexity index is 2990. The fourth-order valence-corrected chi connectivity index (χ4v) is 12.1. The Morgan fingerprint density at radius 2 is 1.30 bits per heavy atom. The van der Waals surface area contributed by atoms with Crippen molar-refractivity contribution in [2.75, 3.05) is 40.2 Å². The SMILES string of the molecule is CC[C@H](C)[C@@H]([C@@H](CC(=O)N1CCC[C@H]1[C@H](OC)[C@@H](C)C(=O)N[C@H](C)[C@@H](O)c1ccccc1)OC)N(C)C(=O)[C@@H](NC(=O)[C@H](C(C)C)N(C)C(=O)OCc1ccc(NC(=O)[C@H](C)NC(=O)[C@H](C)NC(=O)C2Cn3c(=O)c(Br)c(Br)c(=O)n3C2)cc1)C(C)C. The molecule has 0 aliphatic carbocycles. The number of halogens is 2. The number of fused-ring (bicyclic) bond motifs is 1. The molecule has 0 saturated carbocycles. The Hall–Kier alpha value is -6.48. The molecule has 8 amide bonds. The van der Waals surface area contributed by atoms with Crippen molar-refractivity contribution in [2.45, 2.75) is 175 Å². The van der Waals surface area contributed by atoms with Crippen LogP contribution in [0.4, 0.5) is 10.5 Å². The van der Waals surface area contributed by atoms with Crippen molar-refractivity contribution in [3.8, 4) is 0 Å². The van der Waals surface area contributed by atoms with E-state index in [4.69, 9.17) is 14.2 Å². The number of likely N-dealkylation sites (tertiary alicyclic amines) is 1. The van der Waals surface area contributed by atoms with Crippen LogP contribution in [0.3, 0.4) is 0 Å². The van der Waals surface area contributed by atoms with Gasteiger partial charge in [-0.05, 0) is 106 Å². The third-order valence-electron chi connectivity index (χ3n) is 16.7. The molecule has 26 heteroatoms. The van der Waals surface area contributed by atoms with Gasteiger partial charge in [-0.1, -0.05) is 97.4 Å². The van der Waals surface area contributed by atoms with Crippen molar-refractivity contribution in [1.82, 2.24) is 45.3 Å². The molecule has 0 unspecified atom stereocenters. The number of anilines is 1. The predicted molar refractivity (Wildman–Crippen MR) is 333 cm³/mol. The highest BCUT2D eigenvalue weighted by Gasteiger charge is 2.44. The summed E-state index contributed by atoms with van der Waals surface area (Å²) in [6.07, 6.45) is -1.35. The molecule has 87 heavy (non-hydrogen) atoms. The lowest BCUT2D eigenvalue weighted by molar-refractivity contribution is -0.148. The summed E-state index contributed by atoms with van der Waals surface area (Å²) >= 11 is 6.19. The molecule has 3 aromatic rings. The van der Waals surface area contributed by atoms with E-state index < -0.39 is 131 Å². The molecular formula is C61H88Br2N10O14. The topological polar surface area (TPSA) is 298 Å². The largest absolute Gasteiger partial charge is 0.445 e. The molecular weight excluding hydrogens is 1260 g/mol. The van der Waals surface area contributed by atoms with Gasteiger partial charge in [-0.25, -0.2) is 14.2 Å². The molecule has 1 saturated heterocycles. The Morgan fingerprint density at radius 1 is 0.713 bits per heavy atom. The second kappa shape index (κ2) is 32.1. The molecule has 0 bridgehead atoms. The first-order chi connectivity index (χ1) is 41.0. The quantitative estimate of drug-likeness (QED) is 0.0575. The average molecular weight is 1350 g/mol. The highest BCUT2D eigenvalue weighted by Crippen LogP contribution is 2.31. The minimum absolute atomic E-state index is 0.0416.